The average Bonchev–Trinajstić information content (AvgIpc) is 3.33. The number of nitrogens with one attached hydrogen (secondary N) is 2. The molecule has 0 bridgehead atoms. The molecule has 4 rings (SSSR count). The highest BCUT2D eigenvalue weighted by Crippen LogP contribution is 2.37. The first-order chi connectivity index (χ1) is 12.2. The van der Waals surface area contributed by atoms with Crippen molar-refractivity contribution in [2.24, 2.45) is 10.9 Å². The number of methoxy groups -OCH3 is 1. The Labute approximate surface area is 149 Å². The Morgan fingerprint density at radius 2 is 2.28 bits per heavy atom. The first-order valence-corrected chi connectivity index (χ1v) is 9.08. The van der Waals surface area contributed by atoms with E-state index < -0.39 is 0 Å². The Morgan fingerprint density at radius 3 is 3.00 bits per heavy atom. The van der Waals surface area contributed by atoms with E-state index in [0.717, 1.165) is 35.7 Å². The van der Waals surface area contributed by atoms with Gasteiger partial charge in [-0.3, -0.25) is 0 Å². The Bertz CT molecular complexity index is 808. The summed E-state index contributed by atoms with van der Waals surface area (Å²) >= 11 is 0. The third-order valence-corrected chi connectivity index (χ3v) is 5.33. The van der Waals surface area contributed by atoms with E-state index in [0.29, 0.717) is 12.0 Å². The van der Waals surface area contributed by atoms with Crippen molar-refractivity contribution in [3.05, 3.63) is 70.9 Å². The van der Waals surface area contributed by atoms with Crippen molar-refractivity contribution >= 4 is 5.71 Å². The van der Waals surface area contributed by atoms with Gasteiger partial charge in [0, 0.05) is 18.3 Å². The molecular formula is C21H25N3O. The van der Waals surface area contributed by atoms with Crippen LogP contribution in [0.3, 0.4) is 0 Å². The molecular weight excluding hydrogens is 310 g/mol. The molecule has 0 spiro atoms. The van der Waals surface area contributed by atoms with Gasteiger partial charge in [0.2, 0.25) is 0 Å². The fourth-order valence-electron chi connectivity index (χ4n) is 4.07. The Morgan fingerprint density at radius 1 is 1.40 bits per heavy atom. The Hall–Kier alpha value is -2.33. The summed E-state index contributed by atoms with van der Waals surface area (Å²) in [5.74, 6) is 1.39. The van der Waals surface area contributed by atoms with Gasteiger partial charge in [-0.1, -0.05) is 26.0 Å². The van der Waals surface area contributed by atoms with Gasteiger partial charge in [-0.25, -0.2) is 4.99 Å². The lowest BCUT2D eigenvalue weighted by Crippen LogP contribution is -2.31. The summed E-state index contributed by atoms with van der Waals surface area (Å²) in [5.41, 5.74) is 5.83. The molecule has 2 aliphatic heterocycles. The van der Waals surface area contributed by atoms with E-state index in [9.17, 15) is 0 Å². The summed E-state index contributed by atoms with van der Waals surface area (Å²) in [6, 6.07) is 4.66. The van der Waals surface area contributed by atoms with Gasteiger partial charge in [0.15, 0.2) is 0 Å². The topological polar surface area (TPSA) is 49.4 Å². The summed E-state index contributed by atoms with van der Waals surface area (Å²) < 4.78 is 5.58. The van der Waals surface area contributed by atoms with Gasteiger partial charge in [0.1, 0.15) is 11.5 Å². The number of aromatic nitrogens is 1. The van der Waals surface area contributed by atoms with Gasteiger partial charge in [0.05, 0.1) is 24.6 Å². The maximum absolute atomic E-state index is 5.58. The number of nitrogens with zero attached hydrogens (tertiary/aromatic N) is 1. The van der Waals surface area contributed by atoms with E-state index >= 15 is 0 Å². The van der Waals surface area contributed by atoms with E-state index in [1.165, 1.54) is 11.1 Å². The molecule has 1 aliphatic carbocycles. The molecule has 1 aromatic rings. The number of rotatable bonds is 4. The van der Waals surface area contributed by atoms with Crippen LogP contribution < -0.4 is 5.32 Å². The molecule has 3 aliphatic rings. The molecule has 3 atom stereocenters. The molecule has 0 fully saturated rings. The summed E-state index contributed by atoms with van der Waals surface area (Å²) in [7, 11) is 1.71. The monoisotopic (exact) mass is 335 g/mol. The smallest absolute Gasteiger partial charge is 0.146 e. The molecule has 1 aromatic heterocycles. The van der Waals surface area contributed by atoms with E-state index in [1.807, 2.05) is 24.4 Å². The lowest BCUT2D eigenvalue weighted by molar-refractivity contribution is 0.302. The van der Waals surface area contributed by atoms with Gasteiger partial charge in [0.25, 0.3) is 0 Å². The van der Waals surface area contributed by atoms with Gasteiger partial charge in [-0.2, -0.15) is 0 Å². The molecule has 2 N–H and O–H groups in total. The van der Waals surface area contributed by atoms with Crippen molar-refractivity contribution < 1.29 is 4.74 Å². The van der Waals surface area contributed by atoms with Crippen molar-refractivity contribution in [2.75, 3.05) is 7.11 Å². The van der Waals surface area contributed by atoms with E-state index in [4.69, 9.17) is 9.73 Å². The second-order valence-electron chi connectivity index (χ2n) is 6.90. The van der Waals surface area contributed by atoms with Gasteiger partial charge in [-0.15, -0.1) is 0 Å². The van der Waals surface area contributed by atoms with Crippen LogP contribution in [-0.2, 0) is 4.74 Å². The maximum atomic E-state index is 5.58. The van der Waals surface area contributed by atoms with Crippen LogP contribution in [0.15, 0.2) is 70.2 Å². The predicted octanol–water partition coefficient (Wildman–Crippen LogP) is 3.87. The largest absolute Gasteiger partial charge is 0.494 e. The number of ether oxygens (including phenoxy) is 1. The fraction of sp³-hybridized carbons (Fsp3) is 0.381. The van der Waals surface area contributed by atoms with Crippen molar-refractivity contribution in [3.8, 4) is 0 Å². The molecule has 4 heteroatoms. The van der Waals surface area contributed by atoms with Crippen LogP contribution in [0, 0.1) is 5.92 Å². The van der Waals surface area contributed by atoms with Crippen LogP contribution in [0.25, 0.3) is 0 Å². The molecule has 3 heterocycles. The number of aliphatic imine (C=N–C) groups is 1. The van der Waals surface area contributed by atoms with Crippen molar-refractivity contribution in [3.63, 3.8) is 0 Å². The van der Waals surface area contributed by atoms with Crippen molar-refractivity contribution in [1.82, 2.24) is 10.3 Å². The van der Waals surface area contributed by atoms with Crippen molar-refractivity contribution in [2.45, 2.75) is 38.8 Å². The molecule has 0 radical (unpaired) electrons. The lowest BCUT2D eigenvalue weighted by Gasteiger charge is -2.21. The summed E-state index contributed by atoms with van der Waals surface area (Å²) in [4.78, 5) is 8.02. The minimum Gasteiger partial charge on any atom is -0.494 e. The molecule has 0 saturated heterocycles. The zero-order valence-corrected chi connectivity index (χ0v) is 15.0. The number of H-pyrrole nitrogens is 1. The molecule has 4 nitrogen and oxygen atoms in total. The van der Waals surface area contributed by atoms with E-state index in [-0.39, 0.29) is 6.04 Å². The van der Waals surface area contributed by atoms with Crippen LogP contribution in [-0.4, -0.2) is 29.9 Å². The number of hydrogen-bond donors (Lipinski definition) is 2. The third-order valence-electron chi connectivity index (χ3n) is 5.33. The van der Waals surface area contributed by atoms with Crippen molar-refractivity contribution in [1.29, 1.82) is 0 Å². The molecule has 25 heavy (non-hydrogen) atoms. The quantitative estimate of drug-likeness (QED) is 0.877. The van der Waals surface area contributed by atoms with Crippen LogP contribution in [0.4, 0.5) is 0 Å². The van der Waals surface area contributed by atoms with Gasteiger partial charge in [-0.05, 0) is 48.1 Å². The minimum absolute atomic E-state index is 0.222. The maximum Gasteiger partial charge on any atom is 0.146 e. The number of aromatic amines is 1. The highest BCUT2D eigenvalue weighted by molar-refractivity contribution is 6.10. The molecule has 3 unspecified atom stereocenters. The standard InChI is InChI=1S/C21H25N3O/c1-4-15-14-8-5-7-13(2)21(14)19(23-15)11-18-20(25-3)12-17(24-18)16-9-6-10-22-16/h5-6,8-13,15,19,22-23H,4,7H2,1-3H3/b18-11-. The summed E-state index contributed by atoms with van der Waals surface area (Å²) in [6.07, 6.45) is 13.0. The third kappa shape index (κ3) is 2.81. The van der Waals surface area contributed by atoms with E-state index in [2.05, 4.69) is 42.4 Å². The normalized spacial score (nSPS) is 29.9. The highest BCUT2D eigenvalue weighted by atomic mass is 16.5. The highest BCUT2D eigenvalue weighted by Gasteiger charge is 2.34. The molecule has 0 saturated carbocycles. The Balaban J connectivity index is 1.69. The summed E-state index contributed by atoms with van der Waals surface area (Å²) in [6.45, 7) is 4.56. The van der Waals surface area contributed by atoms with Crippen LogP contribution in [0.1, 0.15) is 32.4 Å². The second kappa shape index (κ2) is 6.52. The summed E-state index contributed by atoms with van der Waals surface area (Å²) in [5, 5.41) is 3.77. The predicted molar refractivity (Wildman–Crippen MR) is 101 cm³/mol. The first kappa shape index (κ1) is 16.2. The zero-order chi connectivity index (χ0) is 17.4. The number of hydrogen-bond acceptors (Lipinski definition) is 3. The Kier molecular flexibility index (Phi) is 4.22. The fourth-order valence-corrected chi connectivity index (χ4v) is 4.07. The van der Waals surface area contributed by atoms with Crippen LogP contribution >= 0.6 is 0 Å². The van der Waals surface area contributed by atoms with Gasteiger partial charge >= 0.3 is 0 Å². The van der Waals surface area contributed by atoms with E-state index in [1.54, 1.807) is 7.11 Å². The number of allylic oxidation sites excluding steroid dienone is 2. The minimum atomic E-state index is 0.222. The SMILES string of the molecule is CCC1NC(/C=C2\N=C(c3ccc[nH]3)C=C2OC)C2=C1C=CCC2C. The van der Waals surface area contributed by atoms with Gasteiger partial charge < -0.3 is 15.0 Å². The van der Waals surface area contributed by atoms with Crippen LogP contribution in [0.5, 0.6) is 0 Å². The lowest BCUT2D eigenvalue weighted by atomic mass is 9.84. The molecule has 0 aromatic carbocycles. The van der Waals surface area contributed by atoms with Crippen LogP contribution in [0.2, 0.25) is 0 Å². The first-order valence-electron chi connectivity index (χ1n) is 9.08. The average molecular weight is 335 g/mol. The second-order valence-corrected chi connectivity index (χ2v) is 6.90. The molecule has 130 valence electrons. The zero-order valence-electron chi connectivity index (χ0n) is 15.0. The molecule has 0 amide bonds.